The minimum atomic E-state index is -0.204. The van der Waals surface area contributed by atoms with Crippen molar-refractivity contribution in [3.63, 3.8) is 0 Å². The summed E-state index contributed by atoms with van der Waals surface area (Å²) in [6.07, 6.45) is 4.49. The third-order valence-electron chi connectivity index (χ3n) is 5.94. The number of rotatable bonds is 7. The van der Waals surface area contributed by atoms with Crippen molar-refractivity contribution in [2.75, 3.05) is 26.2 Å². The Kier molecular flexibility index (Phi) is 6.57. The van der Waals surface area contributed by atoms with Crippen molar-refractivity contribution in [1.82, 2.24) is 19.6 Å². The summed E-state index contributed by atoms with van der Waals surface area (Å²) in [5.41, 5.74) is 4.76. The van der Waals surface area contributed by atoms with Crippen LogP contribution in [0.3, 0.4) is 0 Å². The van der Waals surface area contributed by atoms with E-state index >= 15 is 0 Å². The van der Waals surface area contributed by atoms with Gasteiger partial charge in [0.05, 0.1) is 5.69 Å². The molecule has 0 bridgehead atoms. The van der Waals surface area contributed by atoms with Gasteiger partial charge in [0.1, 0.15) is 5.82 Å². The molecule has 1 atom stereocenters. The number of aliphatic hydroxyl groups excluding tert-OH is 1. The molecule has 0 radical (unpaired) electrons. The predicted molar refractivity (Wildman–Crippen MR) is 116 cm³/mol. The van der Waals surface area contributed by atoms with Crippen LogP contribution in [0.2, 0.25) is 0 Å². The van der Waals surface area contributed by atoms with Gasteiger partial charge in [-0.1, -0.05) is 18.2 Å². The van der Waals surface area contributed by atoms with Crippen LogP contribution in [0, 0.1) is 12.7 Å². The van der Waals surface area contributed by atoms with E-state index in [1.807, 2.05) is 29.1 Å². The first-order chi connectivity index (χ1) is 14.6. The zero-order chi connectivity index (χ0) is 20.9. The summed E-state index contributed by atoms with van der Waals surface area (Å²) < 4.78 is 15.1. The molecular formula is C24H29FN4O. The fourth-order valence-corrected chi connectivity index (χ4v) is 4.22. The summed E-state index contributed by atoms with van der Waals surface area (Å²) in [5, 5.41) is 13.9. The molecule has 0 unspecified atom stereocenters. The average Bonchev–Trinajstić information content (AvgIpc) is 3.28. The zero-order valence-corrected chi connectivity index (χ0v) is 17.4. The highest BCUT2D eigenvalue weighted by atomic mass is 19.1. The normalized spacial score (nSPS) is 18.0. The Bertz CT molecular complexity index is 942. The number of halogens is 1. The van der Waals surface area contributed by atoms with Crippen molar-refractivity contribution in [2.45, 2.75) is 32.5 Å². The van der Waals surface area contributed by atoms with Gasteiger partial charge in [0, 0.05) is 57.8 Å². The summed E-state index contributed by atoms with van der Waals surface area (Å²) in [7, 11) is 0. The van der Waals surface area contributed by atoms with Crippen LogP contribution in [0.1, 0.15) is 23.1 Å². The highest BCUT2D eigenvalue weighted by Crippen LogP contribution is 2.21. The van der Waals surface area contributed by atoms with Gasteiger partial charge in [-0.25, -0.2) is 9.07 Å². The van der Waals surface area contributed by atoms with Crippen LogP contribution in [-0.2, 0) is 13.1 Å². The number of benzene rings is 2. The van der Waals surface area contributed by atoms with Gasteiger partial charge in [-0.3, -0.25) is 9.80 Å². The fourth-order valence-electron chi connectivity index (χ4n) is 4.22. The number of piperazine rings is 1. The molecule has 1 aliphatic rings. The lowest BCUT2D eigenvalue weighted by molar-refractivity contribution is 0.0499. The SMILES string of the molecule is Cc1cc(-n2cccn2)ccc1CN1CCN(Cc2ccc(F)cc2)[C@@H](CCO)C1. The van der Waals surface area contributed by atoms with Crippen LogP contribution >= 0.6 is 0 Å². The van der Waals surface area contributed by atoms with Gasteiger partial charge in [0.25, 0.3) is 0 Å². The summed E-state index contributed by atoms with van der Waals surface area (Å²) in [5.74, 6) is -0.204. The highest BCUT2D eigenvalue weighted by molar-refractivity contribution is 5.39. The number of nitrogens with zero attached hydrogens (tertiary/aromatic N) is 4. The van der Waals surface area contributed by atoms with Gasteiger partial charge in [-0.2, -0.15) is 5.10 Å². The Morgan fingerprint density at radius 2 is 1.93 bits per heavy atom. The maximum Gasteiger partial charge on any atom is 0.123 e. The molecular weight excluding hydrogens is 379 g/mol. The molecule has 6 heteroatoms. The number of aliphatic hydroxyl groups is 1. The number of hydrogen-bond acceptors (Lipinski definition) is 4. The minimum absolute atomic E-state index is 0.177. The maximum atomic E-state index is 13.2. The van der Waals surface area contributed by atoms with Gasteiger partial charge < -0.3 is 5.11 Å². The van der Waals surface area contributed by atoms with Gasteiger partial charge in [-0.15, -0.1) is 0 Å². The molecule has 1 aromatic heterocycles. The van der Waals surface area contributed by atoms with E-state index in [1.54, 1.807) is 6.20 Å². The molecule has 3 aromatic rings. The Morgan fingerprint density at radius 1 is 1.10 bits per heavy atom. The smallest absolute Gasteiger partial charge is 0.123 e. The van der Waals surface area contributed by atoms with Crippen LogP contribution in [-0.4, -0.2) is 57.0 Å². The monoisotopic (exact) mass is 408 g/mol. The second-order valence-corrected chi connectivity index (χ2v) is 8.06. The van der Waals surface area contributed by atoms with Crippen molar-refractivity contribution in [2.24, 2.45) is 0 Å². The predicted octanol–water partition coefficient (Wildman–Crippen LogP) is 3.39. The minimum Gasteiger partial charge on any atom is -0.396 e. The van der Waals surface area contributed by atoms with Crippen molar-refractivity contribution < 1.29 is 9.50 Å². The molecule has 1 fully saturated rings. The first kappa shape index (κ1) is 20.7. The average molecular weight is 409 g/mol. The van der Waals surface area contributed by atoms with E-state index in [2.05, 4.69) is 40.0 Å². The Morgan fingerprint density at radius 3 is 2.63 bits per heavy atom. The topological polar surface area (TPSA) is 44.5 Å². The van der Waals surface area contributed by atoms with Gasteiger partial charge in [0.2, 0.25) is 0 Å². The van der Waals surface area contributed by atoms with Crippen molar-refractivity contribution in [3.05, 3.63) is 83.4 Å². The zero-order valence-electron chi connectivity index (χ0n) is 17.4. The number of hydrogen-bond donors (Lipinski definition) is 1. The van der Waals surface area contributed by atoms with Crippen LogP contribution in [0.15, 0.2) is 60.9 Å². The van der Waals surface area contributed by atoms with E-state index in [9.17, 15) is 9.50 Å². The van der Waals surface area contributed by atoms with E-state index in [1.165, 1.54) is 23.3 Å². The number of aromatic nitrogens is 2. The third kappa shape index (κ3) is 4.95. The lowest BCUT2D eigenvalue weighted by Crippen LogP contribution is -2.52. The molecule has 30 heavy (non-hydrogen) atoms. The van der Waals surface area contributed by atoms with Gasteiger partial charge >= 0.3 is 0 Å². The van der Waals surface area contributed by atoms with Crippen LogP contribution in [0.4, 0.5) is 4.39 Å². The van der Waals surface area contributed by atoms with E-state index in [-0.39, 0.29) is 18.5 Å². The molecule has 2 heterocycles. The molecule has 158 valence electrons. The molecule has 0 saturated carbocycles. The van der Waals surface area contributed by atoms with Crippen molar-refractivity contribution >= 4 is 0 Å². The maximum absolute atomic E-state index is 13.2. The second kappa shape index (κ2) is 9.51. The summed E-state index contributed by atoms with van der Waals surface area (Å²) in [6, 6.07) is 15.4. The fraction of sp³-hybridized carbons (Fsp3) is 0.375. The molecule has 1 N–H and O–H groups in total. The summed E-state index contributed by atoms with van der Waals surface area (Å²) in [4.78, 5) is 4.88. The first-order valence-electron chi connectivity index (χ1n) is 10.5. The number of aryl methyl sites for hydroxylation is 1. The first-order valence-corrected chi connectivity index (χ1v) is 10.5. The second-order valence-electron chi connectivity index (χ2n) is 8.06. The van der Waals surface area contributed by atoms with Crippen molar-refractivity contribution in [1.29, 1.82) is 0 Å². The van der Waals surface area contributed by atoms with Crippen LogP contribution in [0.25, 0.3) is 5.69 Å². The molecule has 0 spiro atoms. The quantitative estimate of drug-likeness (QED) is 0.651. The molecule has 2 aromatic carbocycles. The molecule has 0 amide bonds. The van der Waals surface area contributed by atoms with Crippen LogP contribution < -0.4 is 0 Å². The van der Waals surface area contributed by atoms with Crippen molar-refractivity contribution in [3.8, 4) is 5.69 Å². The lowest BCUT2D eigenvalue weighted by atomic mass is 10.0. The van der Waals surface area contributed by atoms with Gasteiger partial charge in [-0.05, 0) is 60.4 Å². The molecule has 4 rings (SSSR count). The standard InChI is InChI=1S/C24H29FN4O/c1-19-15-23(29-11-2-10-26-29)8-5-21(19)17-27-12-13-28(24(18-27)9-14-30)16-20-3-6-22(25)7-4-20/h2-8,10-11,15,24,30H,9,12-14,16-18H2,1H3/t24-/m0/s1. The van der Waals surface area contributed by atoms with Crippen LogP contribution in [0.5, 0.6) is 0 Å². The largest absolute Gasteiger partial charge is 0.396 e. The van der Waals surface area contributed by atoms with E-state index in [0.717, 1.165) is 50.4 Å². The Balaban J connectivity index is 1.41. The Hall–Kier alpha value is -2.54. The lowest BCUT2D eigenvalue weighted by Gasteiger charge is -2.41. The third-order valence-corrected chi connectivity index (χ3v) is 5.94. The molecule has 5 nitrogen and oxygen atoms in total. The van der Waals surface area contributed by atoms with E-state index < -0.39 is 0 Å². The Labute approximate surface area is 177 Å². The highest BCUT2D eigenvalue weighted by Gasteiger charge is 2.27. The molecule has 1 aliphatic heterocycles. The van der Waals surface area contributed by atoms with Gasteiger partial charge in [0.15, 0.2) is 0 Å². The summed E-state index contributed by atoms with van der Waals surface area (Å²) in [6.45, 7) is 6.85. The molecule has 0 aliphatic carbocycles. The molecule has 1 saturated heterocycles. The van der Waals surface area contributed by atoms with E-state index in [0.29, 0.717) is 0 Å². The van der Waals surface area contributed by atoms with E-state index in [4.69, 9.17) is 0 Å². The summed E-state index contributed by atoms with van der Waals surface area (Å²) >= 11 is 0.